The Morgan fingerprint density at radius 2 is 2.04 bits per heavy atom. The molecule has 134 valence electrons. The SMILES string of the molecule is COc1ccccc1-c1nnc(SCC(=O)Nc2cc(Cl)ccc2Cl)o1. The Morgan fingerprint density at radius 3 is 2.85 bits per heavy atom. The zero-order valence-electron chi connectivity index (χ0n) is 13.5. The summed E-state index contributed by atoms with van der Waals surface area (Å²) in [5.41, 5.74) is 1.13. The Balaban J connectivity index is 1.63. The van der Waals surface area contributed by atoms with E-state index in [-0.39, 0.29) is 16.9 Å². The number of rotatable bonds is 6. The van der Waals surface area contributed by atoms with Crippen LogP contribution >= 0.6 is 35.0 Å². The van der Waals surface area contributed by atoms with Crippen LogP contribution in [0.3, 0.4) is 0 Å². The first kappa shape index (κ1) is 18.6. The van der Waals surface area contributed by atoms with Gasteiger partial charge in [-0.3, -0.25) is 4.79 Å². The van der Waals surface area contributed by atoms with E-state index in [4.69, 9.17) is 32.4 Å². The van der Waals surface area contributed by atoms with E-state index < -0.39 is 0 Å². The van der Waals surface area contributed by atoms with Gasteiger partial charge in [-0.25, -0.2) is 0 Å². The molecule has 0 saturated carbocycles. The van der Waals surface area contributed by atoms with Crippen molar-refractivity contribution in [3.05, 3.63) is 52.5 Å². The summed E-state index contributed by atoms with van der Waals surface area (Å²) in [4.78, 5) is 12.1. The number of carbonyl (C=O) groups is 1. The van der Waals surface area contributed by atoms with Gasteiger partial charge in [0.2, 0.25) is 5.91 Å². The predicted molar refractivity (Wildman–Crippen MR) is 102 cm³/mol. The molecule has 0 radical (unpaired) electrons. The van der Waals surface area contributed by atoms with Gasteiger partial charge in [-0.15, -0.1) is 10.2 Å². The lowest BCUT2D eigenvalue weighted by atomic mass is 10.2. The van der Waals surface area contributed by atoms with Crippen LogP contribution in [0.5, 0.6) is 5.75 Å². The third-order valence-electron chi connectivity index (χ3n) is 3.27. The van der Waals surface area contributed by atoms with Crippen LogP contribution in [0.25, 0.3) is 11.5 Å². The maximum atomic E-state index is 12.1. The first-order valence-electron chi connectivity index (χ1n) is 7.41. The summed E-state index contributed by atoms with van der Waals surface area (Å²) in [6.45, 7) is 0. The van der Waals surface area contributed by atoms with E-state index in [1.165, 1.54) is 0 Å². The molecule has 0 aliphatic heterocycles. The van der Waals surface area contributed by atoms with Crippen LogP contribution < -0.4 is 10.1 Å². The lowest BCUT2D eigenvalue weighted by Gasteiger charge is -2.06. The third-order valence-corrected chi connectivity index (χ3v) is 4.66. The highest BCUT2D eigenvalue weighted by Gasteiger charge is 2.15. The largest absolute Gasteiger partial charge is 0.496 e. The summed E-state index contributed by atoms with van der Waals surface area (Å²) in [6, 6.07) is 12.1. The number of para-hydroxylation sites is 1. The van der Waals surface area contributed by atoms with Crippen molar-refractivity contribution >= 4 is 46.6 Å². The van der Waals surface area contributed by atoms with Crippen LogP contribution in [-0.2, 0) is 4.79 Å². The standard InChI is InChI=1S/C17H13Cl2N3O3S/c1-24-14-5-3-2-4-11(14)16-21-22-17(25-16)26-9-15(23)20-13-8-10(18)6-7-12(13)19/h2-8H,9H2,1H3,(H,20,23). The molecule has 6 nitrogen and oxygen atoms in total. The summed E-state index contributed by atoms with van der Waals surface area (Å²) in [5.74, 6) is 0.761. The molecule has 1 heterocycles. The Bertz CT molecular complexity index is 933. The van der Waals surface area contributed by atoms with Crippen LogP contribution in [0.2, 0.25) is 10.0 Å². The van der Waals surface area contributed by atoms with Gasteiger partial charge in [0, 0.05) is 5.02 Å². The molecule has 9 heteroatoms. The number of halogens is 2. The summed E-state index contributed by atoms with van der Waals surface area (Å²) >= 11 is 13.0. The number of hydrogen-bond donors (Lipinski definition) is 1. The fourth-order valence-electron chi connectivity index (χ4n) is 2.11. The molecule has 3 aromatic rings. The van der Waals surface area contributed by atoms with Gasteiger partial charge in [-0.05, 0) is 30.3 Å². The molecular weight excluding hydrogens is 397 g/mol. The summed E-state index contributed by atoms with van der Waals surface area (Å²) < 4.78 is 10.9. The summed E-state index contributed by atoms with van der Waals surface area (Å²) in [6.07, 6.45) is 0. The van der Waals surface area contributed by atoms with Crippen molar-refractivity contribution in [2.45, 2.75) is 5.22 Å². The second-order valence-corrected chi connectivity index (χ2v) is 6.80. The number of amides is 1. The van der Waals surface area contributed by atoms with Gasteiger partial charge in [0.15, 0.2) is 0 Å². The third kappa shape index (κ3) is 4.49. The second kappa shape index (κ2) is 8.44. The first-order chi connectivity index (χ1) is 12.6. The number of benzene rings is 2. The molecule has 1 aromatic heterocycles. The maximum Gasteiger partial charge on any atom is 0.277 e. The van der Waals surface area contributed by atoms with E-state index in [9.17, 15) is 4.79 Å². The highest BCUT2D eigenvalue weighted by molar-refractivity contribution is 7.99. The van der Waals surface area contributed by atoms with Crippen molar-refractivity contribution < 1.29 is 13.9 Å². The molecule has 3 rings (SSSR count). The molecule has 0 spiro atoms. The minimum Gasteiger partial charge on any atom is -0.496 e. The fourth-order valence-corrected chi connectivity index (χ4v) is 3.01. The zero-order valence-corrected chi connectivity index (χ0v) is 15.9. The zero-order chi connectivity index (χ0) is 18.5. The Hall–Kier alpha value is -2.22. The van der Waals surface area contributed by atoms with Crippen molar-refractivity contribution in [3.63, 3.8) is 0 Å². The number of nitrogens with one attached hydrogen (secondary N) is 1. The number of ether oxygens (including phenoxy) is 1. The number of carbonyl (C=O) groups excluding carboxylic acids is 1. The molecule has 1 N–H and O–H groups in total. The minimum atomic E-state index is -0.267. The number of anilines is 1. The van der Waals surface area contributed by atoms with Crippen LogP contribution in [0.1, 0.15) is 0 Å². The molecule has 1 amide bonds. The van der Waals surface area contributed by atoms with Crippen LogP contribution in [0, 0.1) is 0 Å². The smallest absolute Gasteiger partial charge is 0.277 e. The number of nitrogens with zero attached hydrogens (tertiary/aromatic N) is 2. The quantitative estimate of drug-likeness (QED) is 0.590. The minimum absolute atomic E-state index is 0.0798. The van der Waals surface area contributed by atoms with E-state index in [1.807, 2.05) is 18.2 Å². The van der Waals surface area contributed by atoms with E-state index in [0.717, 1.165) is 11.8 Å². The van der Waals surface area contributed by atoms with Crippen molar-refractivity contribution in [2.24, 2.45) is 0 Å². The molecule has 0 saturated heterocycles. The molecular formula is C17H13Cl2N3O3S. The van der Waals surface area contributed by atoms with Crippen molar-refractivity contribution in [3.8, 4) is 17.2 Å². The van der Waals surface area contributed by atoms with E-state index in [1.54, 1.807) is 31.4 Å². The van der Waals surface area contributed by atoms with E-state index in [0.29, 0.717) is 32.9 Å². The molecule has 0 aliphatic carbocycles. The topological polar surface area (TPSA) is 77.2 Å². The maximum absolute atomic E-state index is 12.1. The lowest BCUT2D eigenvalue weighted by molar-refractivity contribution is -0.113. The van der Waals surface area contributed by atoms with Gasteiger partial charge < -0.3 is 14.5 Å². The van der Waals surface area contributed by atoms with Gasteiger partial charge in [0.1, 0.15) is 5.75 Å². The predicted octanol–water partition coefficient (Wildman–Crippen LogP) is 4.78. The van der Waals surface area contributed by atoms with Crippen LogP contribution in [-0.4, -0.2) is 29.0 Å². The molecule has 2 aromatic carbocycles. The second-order valence-electron chi connectivity index (χ2n) is 5.03. The molecule has 0 aliphatic rings. The molecule has 0 bridgehead atoms. The van der Waals surface area contributed by atoms with Gasteiger partial charge >= 0.3 is 0 Å². The first-order valence-corrected chi connectivity index (χ1v) is 9.15. The number of thioether (sulfide) groups is 1. The summed E-state index contributed by atoms with van der Waals surface area (Å²) in [7, 11) is 1.57. The Kier molecular flexibility index (Phi) is 6.03. The van der Waals surface area contributed by atoms with Crippen molar-refractivity contribution in [2.75, 3.05) is 18.2 Å². The van der Waals surface area contributed by atoms with Crippen molar-refractivity contribution in [1.82, 2.24) is 10.2 Å². The average molecular weight is 410 g/mol. The van der Waals surface area contributed by atoms with Gasteiger partial charge in [0.25, 0.3) is 11.1 Å². The number of aromatic nitrogens is 2. The van der Waals surface area contributed by atoms with Crippen LogP contribution in [0.15, 0.2) is 52.1 Å². The summed E-state index contributed by atoms with van der Waals surface area (Å²) in [5, 5.41) is 11.8. The lowest BCUT2D eigenvalue weighted by Crippen LogP contribution is -2.14. The molecule has 26 heavy (non-hydrogen) atoms. The van der Waals surface area contributed by atoms with Gasteiger partial charge in [0.05, 0.1) is 29.1 Å². The normalized spacial score (nSPS) is 10.6. The Labute approximate surface area is 163 Å². The molecule has 0 fully saturated rings. The fraction of sp³-hybridized carbons (Fsp3) is 0.118. The van der Waals surface area contributed by atoms with Crippen molar-refractivity contribution in [1.29, 1.82) is 0 Å². The number of methoxy groups -OCH3 is 1. The Morgan fingerprint density at radius 1 is 1.23 bits per heavy atom. The molecule has 0 atom stereocenters. The monoisotopic (exact) mass is 409 g/mol. The van der Waals surface area contributed by atoms with E-state index in [2.05, 4.69) is 15.5 Å². The van der Waals surface area contributed by atoms with Crippen LogP contribution in [0.4, 0.5) is 5.69 Å². The van der Waals surface area contributed by atoms with E-state index >= 15 is 0 Å². The van der Waals surface area contributed by atoms with Gasteiger partial charge in [-0.1, -0.05) is 47.1 Å². The average Bonchev–Trinajstić information content (AvgIpc) is 3.12. The molecule has 0 unspecified atom stereocenters. The highest BCUT2D eigenvalue weighted by Crippen LogP contribution is 2.30. The van der Waals surface area contributed by atoms with Gasteiger partial charge in [-0.2, -0.15) is 0 Å². The number of hydrogen-bond acceptors (Lipinski definition) is 6. The highest BCUT2D eigenvalue weighted by atomic mass is 35.5.